The molecule has 1 nitrogen and oxygen atoms in total. The molecular formula is C37H25N. The largest absolute Gasteiger partial charge is 0.313 e. The maximum Gasteiger partial charge on any atom is 0.0622 e. The van der Waals surface area contributed by atoms with Crippen LogP contribution < -0.4 is 0 Å². The van der Waals surface area contributed by atoms with Crippen molar-refractivity contribution < 1.29 is 0 Å². The van der Waals surface area contributed by atoms with Crippen LogP contribution in [-0.4, -0.2) is 4.57 Å². The van der Waals surface area contributed by atoms with Crippen LogP contribution in [0.5, 0.6) is 0 Å². The van der Waals surface area contributed by atoms with Gasteiger partial charge in [-0.3, -0.25) is 0 Å². The average Bonchev–Trinajstić information content (AvgIpc) is 3.31. The van der Waals surface area contributed by atoms with Gasteiger partial charge in [-0.15, -0.1) is 0 Å². The number of aryl methyl sites for hydroxylation is 1. The first-order valence-corrected chi connectivity index (χ1v) is 13.2. The van der Waals surface area contributed by atoms with Gasteiger partial charge in [-0.25, -0.2) is 0 Å². The van der Waals surface area contributed by atoms with Crippen LogP contribution in [0.4, 0.5) is 0 Å². The fraction of sp³-hybridized carbons (Fsp3) is 0.0270. The predicted octanol–water partition coefficient (Wildman–Crippen LogP) is 10.2. The molecule has 178 valence electrons. The van der Waals surface area contributed by atoms with Crippen molar-refractivity contribution in [2.45, 2.75) is 6.92 Å². The predicted molar refractivity (Wildman–Crippen MR) is 163 cm³/mol. The van der Waals surface area contributed by atoms with Crippen molar-refractivity contribution in [3.05, 3.63) is 139 Å². The molecule has 1 heterocycles. The van der Waals surface area contributed by atoms with E-state index in [4.69, 9.17) is 0 Å². The minimum atomic E-state index is 1.23. The minimum absolute atomic E-state index is 1.23. The third-order valence-electron chi connectivity index (χ3n) is 8.06. The number of nitrogens with zero attached hydrogens (tertiary/aromatic N) is 1. The molecule has 0 unspecified atom stereocenters. The zero-order valence-electron chi connectivity index (χ0n) is 21.1. The zero-order valence-corrected chi connectivity index (χ0v) is 21.1. The summed E-state index contributed by atoms with van der Waals surface area (Å²) in [5.41, 5.74) is 6.27. The van der Waals surface area contributed by atoms with Gasteiger partial charge in [0.1, 0.15) is 0 Å². The smallest absolute Gasteiger partial charge is 0.0622 e. The van der Waals surface area contributed by atoms with E-state index in [0.29, 0.717) is 0 Å². The van der Waals surface area contributed by atoms with Crippen molar-refractivity contribution in [1.82, 2.24) is 4.57 Å². The van der Waals surface area contributed by atoms with Gasteiger partial charge in [-0.05, 0) is 68.4 Å². The molecule has 1 heteroatoms. The fourth-order valence-electron chi connectivity index (χ4n) is 6.48. The Balaban J connectivity index is 1.67. The molecule has 8 aromatic rings. The lowest BCUT2D eigenvalue weighted by Crippen LogP contribution is -2.02. The summed E-state index contributed by atoms with van der Waals surface area (Å²) in [5.74, 6) is 0. The molecular weight excluding hydrogens is 458 g/mol. The maximum absolute atomic E-state index is 2.48. The highest BCUT2D eigenvalue weighted by atomic mass is 15.0. The second-order valence-electron chi connectivity index (χ2n) is 10.2. The van der Waals surface area contributed by atoms with Crippen molar-refractivity contribution in [3.63, 3.8) is 0 Å². The molecule has 38 heavy (non-hydrogen) atoms. The Morgan fingerprint density at radius 3 is 1.66 bits per heavy atom. The monoisotopic (exact) mass is 483 g/mol. The summed E-state index contributed by atoms with van der Waals surface area (Å²) >= 11 is 0. The zero-order chi connectivity index (χ0) is 25.2. The molecule has 0 spiro atoms. The van der Waals surface area contributed by atoms with Crippen LogP contribution in [0, 0.1) is 6.92 Å². The molecule has 0 amide bonds. The summed E-state index contributed by atoms with van der Waals surface area (Å²) in [6, 6.07) is 48.9. The Kier molecular flexibility index (Phi) is 4.50. The van der Waals surface area contributed by atoms with Gasteiger partial charge >= 0.3 is 0 Å². The van der Waals surface area contributed by atoms with E-state index in [9.17, 15) is 0 Å². The Labute approximate surface area is 221 Å². The highest BCUT2D eigenvalue weighted by molar-refractivity contribution is 6.23. The van der Waals surface area contributed by atoms with Crippen LogP contribution in [0.2, 0.25) is 0 Å². The highest BCUT2D eigenvalue weighted by Crippen LogP contribution is 2.46. The SMILES string of the molecule is Cc1cc2ccccc2n1-c1c(-c2cc3ccccc3c3ccccc23)c2ccccc2c2ccccc12. The van der Waals surface area contributed by atoms with Crippen molar-refractivity contribution >= 4 is 54.0 Å². The van der Waals surface area contributed by atoms with Gasteiger partial charge in [0.25, 0.3) is 0 Å². The van der Waals surface area contributed by atoms with Crippen LogP contribution in [0.3, 0.4) is 0 Å². The third-order valence-corrected chi connectivity index (χ3v) is 8.06. The number of rotatable bonds is 2. The van der Waals surface area contributed by atoms with E-state index in [0.717, 1.165) is 0 Å². The fourth-order valence-corrected chi connectivity index (χ4v) is 6.48. The van der Waals surface area contributed by atoms with Crippen LogP contribution in [0.15, 0.2) is 133 Å². The number of hydrogen-bond acceptors (Lipinski definition) is 0. The molecule has 0 atom stereocenters. The minimum Gasteiger partial charge on any atom is -0.313 e. The highest BCUT2D eigenvalue weighted by Gasteiger charge is 2.22. The normalized spacial score (nSPS) is 11.8. The molecule has 0 aliphatic rings. The number of benzene rings is 7. The van der Waals surface area contributed by atoms with Crippen LogP contribution in [0.1, 0.15) is 5.69 Å². The van der Waals surface area contributed by atoms with E-state index in [2.05, 4.69) is 145 Å². The van der Waals surface area contributed by atoms with E-state index in [1.165, 1.54) is 76.5 Å². The molecule has 0 aliphatic heterocycles. The maximum atomic E-state index is 2.48. The van der Waals surface area contributed by atoms with Crippen LogP contribution >= 0.6 is 0 Å². The Bertz CT molecular complexity index is 2200. The van der Waals surface area contributed by atoms with E-state index in [1.807, 2.05) is 0 Å². The van der Waals surface area contributed by atoms with Crippen molar-refractivity contribution in [2.75, 3.05) is 0 Å². The second kappa shape index (κ2) is 8.06. The van der Waals surface area contributed by atoms with Gasteiger partial charge in [0.15, 0.2) is 0 Å². The lowest BCUT2D eigenvalue weighted by atomic mass is 9.87. The molecule has 0 saturated carbocycles. The lowest BCUT2D eigenvalue weighted by Gasteiger charge is -2.22. The third kappa shape index (κ3) is 2.93. The average molecular weight is 484 g/mol. The van der Waals surface area contributed by atoms with Crippen LogP contribution in [0.25, 0.3) is 70.8 Å². The quantitative estimate of drug-likeness (QED) is 0.216. The van der Waals surface area contributed by atoms with Crippen molar-refractivity contribution in [1.29, 1.82) is 0 Å². The molecule has 8 rings (SSSR count). The number of hydrogen-bond donors (Lipinski definition) is 0. The van der Waals surface area contributed by atoms with E-state index >= 15 is 0 Å². The number of para-hydroxylation sites is 1. The Hall–Kier alpha value is -4.88. The van der Waals surface area contributed by atoms with Gasteiger partial charge in [0.05, 0.1) is 11.2 Å². The summed E-state index contributed by atoms with van der Waals surface area (Å²) in [7, 11) is 0. The first-order valence-electron chi connectivity index (χ1n) is 13.2. The van der Waals surface area contributed by atoms with Gasteiger partial charge < -0.3 is 4.57 Å². The summed E-state index contributed by atoms with van der Waals surface area (Å²) in [4.78, 5) is 0. The first-order chi connectivity index (χ1) is 18.8. The summed E-state index contributed by atoms with van der Waals surface area (Å²) in [6.45, 7) is 2.23. The Morgan fingerprint density at radius 1 is 0.421 bits per heavy atom. The summed E-state index contributed by atoms with van der Waals surface area (Å²) < 4.78 is 2.48. The van der Waals surface area contributed by atoms with Crippen molar-refractivity contribution in [3.8, 4) is 16.8 Å². The summed E-state index contributed by atoms with van der Waals surface area (Å²) in [6.07, 6.45) is 0. The molecule has 0 N–H and O–H groups in total. The summed E-state index contributed by atoms with van der Waals surface area (Å²) in [5, 5.41) is 11.5. The first kappa shape index (κ1) is 21.2. The van der Waals surface area contributed by atoms with Gasteiger partial charge in [0.2, 0.25) is 0 Å². The van der Waals surface area contributed by atoms with Gasteiger partial charge in [-0.2, -0.15) is 0 Å². The molecule has 0 aliphatic carbocycles. The van der Waals surface area contributed by atoms with E-state index < -0.39 is 0 Å². The number of fused-ring (bicyclic) bond motifs is 7. The van der Waals surface area contributed by atoms with Gasteiger partial charge in [-0.1, -0.05) is 115 Å². The topological polar surface area (TPSA) is 4.93 Å². The standard InChI is InChI=1S/C37H25N/c1-24-22-26-13-3-11-21-35(26)38(24)37-33-20-10-8-17-30(33)29-16-7-9-19-32(29)36(37)34-23-25-12-2-4-14-27(25)28-15-5-6-18-31(28)34/h2-23H,1H3. The lowest BCUT2D eigenvalue weighted by molar-refractivity contribution is 1.07. The molecule has 0 bridgehead atoms. The Morgan fingerprint density at radius 2 is 0.921 bits per heavy atom. The van der Waals surface area contributed by atoms with E-state index in [-0.39, 0.29) is 0 Å². The number of aromatic nitrogens is 1. The van der Waals surface area contributed by atoms with Gasteiger partial charge in [0, 0.05) is 22.0 Å². The second-order valence-corrected chi connectivity index (χ2v) is 10.2. The molecule has 1 aromatic heterocycles. The molecule has 0 radical (unpaired) electrons. The van der Waals surface area contributed by atoms with Crippen molar-refractivity contribution in [2.24, 2.45) is 0 Å². The molecule has 0 saturated heterocycles. The molecule has 0 fully saturated rings. The van der Waals surface area contributed by atoms with Crippen LogP contribution in [-0.2, 0) is 0 Å². The van der Waals surface area contributed by atoms with E-state index in [1.54, 1.807) is 0 Å². The molecule has 7 aromatic carbocycles.